The van der Waals surface area contributed by atoms with Gasteiger partial charge in [-0.15, -0.1) is 0 Å². The maximum atomic E-state index is 12.6. The number of carboxylic acid groups (broad SMARTS) is 1. The number of hydrogen-bond acceptors (Lipinski definition) is 4. The highest BCUT2D eigenvalue weighted by Gasteiger charge is 2.43. The van der Waals surface area contributed by atoms with E-state index in [0.29, 0.717) is 6.42 Å². The Morgan fingerprint density at radius 2 is 2.00 bits per heavy atom. The standard InChI is InChI=1S/C12H24N2O5S/c1-5-6-14(20(17,18)13(4)9(2)3)11-8-19-7-10(11)12(15)16/h9-11H,5-8H2,1-4H3,(H,15,16). The van der Waals surface area contributed by atoms with Gasteiger partial charge in [-0.1, -0.05) is 6.92 Å². The number of rotatable bonds is 7. The molecule has 20 heavy (non-hydrogen) atoms. The van der Waals surface area contributed by atoms with Gasteiger partial charge in [-0.2, -0.15) is 17.0 Å². The SMILES string of the molecule is CCCN(C1COCC1C(=O)O)S(=O)(=O)N(C)C(C)C. The van der Waals surface area contributed by atoms with Gasteiger partial charge in [0.15, 0.2) is 0 Å². The monoisotopic (exact) mass is 308 g/mol. The first-order valence-corrected chi connectivity index (χ1v) is 8.18. The second kappa shape index (κ2) is 6.84. The molecular weight excluding hydrogens is 284 g/mol. The van der Waals surface area contributed by atoms with Gasteiger partial charge in [-0.05, 0) is 20.3 Å². The highest BCUT2D eigenvalue weighted by Crippen LogP contribution is 2.25. The Hall–Kier alpha value is -0.700. The zero-order valence-corrected chi connectivity index (χ0v) is 13.3. The first-order chi connectivity index (χ1) is 9.23. The van der Waals surface area contributed by atoms with Crippen molar-refractivity contribution < 1.29 is 23.1 Å². The second-order valence-corrected chi connectivity index (χ2v) is 7.22. The number of carbonyl (C=O) groups is 1. The van der Waals surface area contributed by atoms with Crippen molar-refractivity contribution in [3.8, 4) is 0 Å². The smallest absolute Gasteiger partial charge is 0.310 e. The van der Waals surface area contributed by atoms with E-state index in [0.717, 1.165) is 0 Å². The lowest BCUT2D eigenvalue weighted by Crippen LogP contribution is -2.52. The van der Waals surface area contributed by atoms with Gasteiger partial charge < -0.3 is 9.84 Å². The van der Waals surface area contributed by atoms with Crippen molar-refractivity contribution in [2.45, 2.75) is 39.3 Å². The average Bonchev–Trinajstić information content (AvgIpc) is 2.83. The predicted octanol–water partition coefficient (Wildman–Crippen LogP) is 0.383. The first kappa shape index (κ1) is 17.4. The van der Waals surface area contributed by atoms with E-state index < -0.39 is 28.1 Å². The van der Waals surface area contributed by atoms with Gasteiger partial charge in [0.25, 0.3) is 10.2 Å². The minimum Gasteiger partial charge on any atom is -0.481 e. The summed E-state index contributed by atoms with van der Waals surface area (Å²) in [6.07, 6.45) is 0.619. The van der Waals surface area contributed by atoms with Crippen LogP contribution in [0.2, 0.25) is 0 Å². The molecule has 1 aliphatic rings. The van der Waals surface area contributed by atoms with Gasteiger partial charge >= 0.3 is 5.97 Å². The molecule has 1 fully saturated rings. The van der Waals surface area contributed by atoms with Crippen LogP contribution in [-0.2, 0) is 19.7 Å². The Morgan fingerprint density at radius 1 is 1.40 bits per heavy atom. The van der Waals surface area contributed by atoms with Gasteiger partial charge in [-0.3, -0.25) is 4.79 Å². The molecule has 7 nitrogen and oxygen atoms in total. The highest BCUT2D eigenvalue weighted by molar-refractivity contribution is 7.86. The third-order valence-electron chi connectivity index (χ3n) is 3.57. The third-order valence-corrected chi connectivity index (χ3v) is 5.76. The minimum atomic E-state index is -3.69. The van der Waals surface area contributed by atoms with Crippen LogP contribution >= 0.6 is 0 Å². The highest BCUT2D eigenvalue weighted by atomic mass is 32.2. The van der Waals surface area contributed by atoms with Gasteiger partial charge in [0.1, 0.15) is 0 Å². The van der Waals surface area contributed by atoms with Crippen LogP contribution in [0.3, 0.4) is 0 Å². The molecule has 0 bridgehead atoms. The van der Waals surface area contributed by atoms with Crippen LogP contribution in [0.25, 0.3) is 0 Å². The van der Waals surface area contributed by atoms with Crippen molar-refractivity contribution in [3.05, 3.63) is 0 Å². The van der Waals surface area contributed by atoms with E-state index in [1.165, 1.54) is 15.7 Å². The lowest BCUT2D eigenvalue weighted by molar-refractivity contribution is -0.142. The maximum absolute atomic E-state index is 12.6. The zero-order valence-electron chi connectivity index (χ0n) is 12.4. The topological polar surface area (TPSA) is 87.1 Å². The van der Waals surface area contributed by atoms with E-state index >= 15 is 0 Å². The summed E-state index contributed by atoms with van der Waals surface area (Å²) in [5, 5.41) is 9.20. The number of ether oxygens (including phenoxy) is 1. The first-order valence-electron chi connectivity index (χ1n) is 6.78. The lowest BCUT2D eigenvalue weighted by atomic mass is 10.0. The summed E-state index contributed by atoms with van der Waals surface area (Å²) in [6.45, 7) is 5.90. The Bertz CT molecular complexity index is 437. The van der Waals surface area contributed by atoms with Crippen LogP contribution in [0.5, 0.6) is 0 Å². The van der Waals surface area contributed by atoms with Gasteiger partial charge in [-0.25, -0.2) is 0 Å². The molecule has 1 rings (SSSR count). The van der Waals surface area contributed by atoms with E-state index in [1.807, 2.05) is 6.92 Å². The largest absolute Gasteiger partial charge is 0.481 e. The molecule has 1 heterocycles. The molecule has 0 aliphatic carbocycles. The third kappa shape index (κ3) is 3.49. The van der Waals surface area contributed by atoms with Crippen LogP contribution < -0.4 is 0 Å². The molecule has 0 aromatic heterocycles. The van der Waals surface area contributed by atoms with Crippen LogP contribution in [0.4, 0.5) is 0 Å². The normalized spacial score (nSPS) is 23.9. The quantitative estimate of drug-likeness (QED) is 0.735. The molecule has 1 N–H and O–H groups in total. The molecule has 0 radical (unpaired) electrons. The summed E-state index contributed by atoms with van der Waals surface area (Å²) in [5.74, 6) is -1.83. The lowest BCUT2D eigenvalue weighted by Gasteiger charge is -2.34. The van der Waals surface area contributed by atoms with E-state index in [4.69, 9.17) is 4.74 Å². The Labute approximate surface area is 120 Å². The van der Waals surface area contributed by atoms with Crippen molar-refractivity contribution >= 4 is 16.2 Å². The molecule has 0 aromatic rings. The number of nitrogens with zero attached hydrogens (tertiary/aromatic N) is 2. The Morgan fingerprint density at radius 3 is 2.45 bits per heavy atom. The minimum absolute atomic E-state index is 0.0567. The van der Waals surface area contributed by atoms with Gasteiger partial charge in [0.2, 0.25) is 0 Å². The van der Waals surface area contributed by atoms with Crippen molar-refractivity contribution in [2.24, 2.45) is 5.92 Å². The summed E-state index contributed by atoms with van der Waals surface area (Å²) in [4.78, 5) is 11.2. The summed E-state index contributed by atoms with van der Waals surface area (Å²) in [7, 11) is -2.18. The summed E-state index contributed by atoms with van der Waals surface area (Å²) in [6, 6.07) is -0.830. The fraction of sp³-hybridized carbons (Fsp3) is 0.917. The van der Waals surface area contributed by atoms with Crippen LogP contribution in [0, 0.1) is 5.92 Å². The molecule has 1 saturated heterocycles. The number of aliphatic carboxylic acids is 1. The van der Waals surface area contributed by atoms with Crippen LogP contribution in [0.1, 0.15) is 27.2 Å². The molecule has 118 valence electrons. The van der Waals surface area contributed by atoms with Gasteiger partial charge in [0.05, 0.1) is 25.2 Å². The van der Waals surface area contributed by atoms with Crippen molar-refractivity contribution in [1.29, 1.82) is 0 Å². The number of carboxylic acids is 1. The maximum Gasteiger partial charge on any atom is 0.310 e. The van der Waals surface area contributed by atoms with E-state index in [1.54, 1.807) is 13.8 Å². The van der Waals surface area contributed by atoms with Crippen molar-refractivity contribution in [3.63, 3.8) is 0 Å². The van der Waals surface area contributed by atoms with E-state index in [-0.39, 0.29) is 25.8 Å². The Kier molecular flexibility index (Phi) is 5.93. The van der Waals surface area contributed by atoms with Crippen molar-refractivity contribution in [1.82, 2.24) is 8.61 Å². The summed E-state index contributed by atoms with van der Waals surface area (Å²) in [5.41, 5.74) is 0. The fourth-order valence-electron chi connectivity index (χ4n) is 2.17. The molecule has 1 aliphatic heterocycles. The second-order valence-electron chi connectivity index (χ2n) is 5.28. The summed E-state index contributed by atoms with van der Waals surface area (Å²) >= 11 is 0. The van der Waals surface area contributed by atoms with Crippen LogP contribution in [0.15, 0.2) is 0 Å². The molecule has 0 amide bonds. The Balaban J connectivity index is 3.08. The molecule has 8 heteroatoms. The molecule has 2 unspecified atom stereocenters. The zero-order chi connectivity index (χ0) is 15.5. The van der Waals surface area contributed by atoms with Gasteiger partial charge in [0, 0.05) is 19.6 Å². The molecule has 0 aromatic carbocycles. The van der Waals surface area contributed by atoms with Crippen LogP contribution in [-0.4, -0.2) is 67.0 Å². The van der Waals surface area contributed by atoms with Crippen molar-refractivity contribution in [2.75, 3.05) is 26.8 Å². The summed E-state index contributed by atoms with van der Waals surface area (Å²) < 4.78 is 33.0. The van der Waals surface area contributed by atoms with E-state index in [2.05, 4.69) is 0 Å². The number of hydrogen-bond donors (Lipinski definition) is 1. The molecule has 2 atom stereocenters. The molecule has 0 spiro atoms. The fourth-order valence-corrected chi connectivity index (χ4v) is 3.99. The molecular formula is C12H24N2O5S. The predicted molar refractivity (Wildman–Crippen MR) is 74.5 cm³/mol. The molecule has 0 saturated carbocycles. The van der Waals surface area contributed by atoms with E-state index in [9.17, 15) is 18.3 Å². The average molecular weight is 308 g/mol.